The van der Waals surface area contributed by atoms with E-state index in [-0.39, 0.29) is 36.2 Å². The molecule has 0 spiro atoms. The molecule has 2 aliphatic heterocycles. The summed E-state index contributed by atoms with van der Waals surface area (Å²) < 4.78 is 28.1. The fourth-order valence-electron chi connectivity index (χ4n) is 5.57. The molecular weight excluding hydrogens is 538 g/mol. The molecule has 208 valence electrons. The highest BCUT2D eigenvalue weighted by molar-refractivity contribution is 7.89. The van der Waals surface area contributed by atoms with Crippen LogP contribution in [0.3, 0.4) is 0 Å². The minimum atomic E-state index is -3.88. The van der Waals surface area contributed by atoms with E-state index in [1.807, 2.05) is 49.4 Å². The number of aliphatic hydroxyl groups is 1. The zero-order chi connectivity index (χ0) is 28.7. The molecule has 0 aliphatic carbocycles. The molecule has 2 amide bonds. The highest BCUT2D eigenvalue weighted by atomic mass is 32.2. The number of fused-ring (bicyclic) bond motifs is 2. The number of benzene rings is 4. The molecule has 0 radical (unpaired) electrons. The monoisotopic (exact) mass is 567 g/mol. The summed E-state index contributed by atoms with van der Waals surface area (Å²) in [5, 5.41) is 13.1. The second kappa shape index (κ2) is 10.6. The Kier molecular flexibility index (Phi) is 6.94. The third-order valence-electron chi connectivity index (χ3n) is 7.65. The van der Waals surface area contributed by atoms with E-state index in [0.717, 1.165) is 16.7 Å². The predicted octanol–water partition coefficient (Wildman–Crippen LogP) is 4.70. The summed E-state index contributed by atoms with van der Waals surface area (Å²) in [5.74, 6) is -0.634. The number of aryl methyl sites for hydroxylation is 1. The third-order valence-corrected chi connectivity index (χ3v) is 9.61. The van der Waals surface area contributed by atoms with Gasteiger partial charge in [-0.05, 0) is 66.9 Å². The SMILES string of the molecule is Cc1ccc(-c2ccccc2C(=O)Nc2ccc(C(=O)N3C[C@@H]4C[C@@H](O)CN4S(=O)(=O)c4ccccc43)cc2)cc1. The summed E-state index contributed by atoms with van der Waals surface area (Å²) in [4.78, 5) is 28.5. The molecular formula is C32H29N3O5S. The van der Waals surface area contributed by atoms with E-state index in [0.29, 0.717) is 22.5 Å². The molecule has 0 aromatic heterocycles. The number of nitrogens with zero attached hydrogens (tertiary/aromatic N) is 2. The van der Waals surface area contributed by atoms with Crippen molar-refractivity contribution in [3.8, 4) is 11.1 Å². The fraction of sp³-hybridized carbons (Fsp3) is 0.188. The largest absolute Gasteiger partial charge is 0.392 e. The van der Waals surface area contributed by atoms with Crippen LogP contribution in [0.2, 0.25) is 0 Å². The van der Waals surface area contributed by atoms with Crippen molar-refractivity contribution in [1.29, 1.82) is 0 Å². The average Bonchev–Trinajstić information content (AvgIpc) is 3.33. The maximum absolute atomic E-state index is 13.7. The van der Waals surface area contributed by atoms with E-state index in [1.165, 1.54) is 15.3 Å². The molecule has 1 fully saturated rings. The standard InChI is InChI=1S/C32H29N3O5S/c1-21-10-12-22(13-11-21)27-6-2-3-7-28(27)31(37)33-24-16-14-23(15-17-24)32(38)34-19-25-18-26(36)20-35(25)41(39,40)30-9-5-4-8-29(30)34/h2-17,25-26,36H,18-20H2,1H3,(H,33,37)/t25-,26+/m0/s1. The number of aliphatic hydroxyl groups excluding tert-OH is 1. The number of para-hydroxylation sites is 1. The van der Waals surface area contributed by atoms with Gasteiger partial charge < -0.3 is 15.3 Å². The van der Waals surface area contributed by atoms with Crippen LogP contribution >= 0.6 is 0 Å². The molecule has 2 heterocycles. The molecule has 2 N–H and O–H groups in total. The molecule has 4 aromatic carbocycles. The zero-order valence-electron chi connectivity index (χ0n) is 22.4. The van der Waals surface area contributed by atoms with Gasteiger partial charge in [-0.2, -0.15) is 4.31 Å². The van der Waals surface area contributed by atoms with Crippen LogP contribution < -0.4 is 10.2 Å². The van der Waals surface area contributed by atoms with E-state index in [2.05, 4.69) is 5.32 Å². The average molecular weight is 568 g/mol. The molecule has 0 bridgehead atoms. The minimum absolute atomic E-state index is 0.00476. The number of sulfonamides is 1. The number of carbonyl (C=O) groups is 2. The van der Waals surface area contributed by atoms with Gasteiger partial charge in [0.15, 0.2) is 0 Å². The summed E-state index contributed by atoms with van der Waals surface area (Å²) >= 11 is 0. The van der Waals surface area contributed by atoms with Gasteiger partial charge >= 0.3 is 0 Å². The highest BCUT2D eigenvalue weighted by Crippen LogP contribution is 2.37. The van der Waals surface area contributed by atoms with Crippen LogP contribution in [0.5, 0.6) is 0 Å². The summed E-state index contributed by atoms with van der Waals surface area (Å²) in [6.07, 6.45) is -0.525. The van der Waals surface area contributed by atoms with Crippen molar-refractivity contribution in [1.82, 2.24) is 4.31 Å². The number of rotatable bonds is 4. The van der Waals surface area contributed by atoms with E-state index in [9.17, 15) is 23.1 Å². The molecule has 6 rings (SSSR count). The molecule has 4 aromatic rings. The Bertz CT molecular complexity index is 1740. The van der Waals surface area contributed by atoms with Crippen LogP contribution in [0.25, 0.3) is 11.1 Å². The molecule has 2 aliphatic rings. The Hall–Kier alpha value is -4.31. The minimum Gasteiger partial charge on any atom is -0.392 e. The second-order valence-electron chi connectivity index (χ2n) is 10.4. The van der Waals surface area contributed by atoms with Crippen LogP contribution in [0.4, 0.5) is 11.4 Å². The number of hydrogen-bond acceptors (Lipinski definition) is 5. The topological polar surface area (TPSA) is 107 Å². The van der Waals surface area contributed by atoms with Gasteiger partial charge in [0, 0.05) is 35.9 Å². The first kappa shape index (κ1) is 26.9. The summed E-state index contributed by atoms with van der Waals surface area (Å²) in [5.41, 5.74) is 4.60. The maximum atomic E-state index is 13.7. The van der Waals surface area contributed by atoms with Gasteiger partial charge in [0.1, 0.15) is 4.90 Å². The van der Waals surface area contributed by atoms with Crippen molar-refractivity contribution in [3.63, 3.8) is 0 Å². The number of nitrogens with one attached hydrogen (secondary N) is 1. The Morgan fingerprint density at radius 1 is 0.854 bits per heavy atom. The van der Waals surface area contributed by atoms with Crippen LogP contribution in [0, 0.1) is 6.92 Å². The quantitative estimate of drug-likeness (QED) is 0.372. The Balaban J connectivity index is 1.25. The van der Waals surface area contributed by atoms with Crippen molar-refractivity contribution >= 4 is 33.2 Å². The second-order valence-corrected chi connectivity index (χ2v) is 12.3. The number of hydrogen-bond donors (Lipinski definition) is 2. The molecule has 2 atom stereocenters. The first-order chi connectivity index (χ1) is 19.7. The van der Waals surface area contributed by atoms with Gasteiger partial charge in [-0.1, -0.05) is 60.2 Å². The normalized spacial score (nSPS) is 19.6. The first-order valence-electron chi connectivity index (χ1n) is 13.4. The fourth-order valence-corrected chi connectivity index (χ4v) is 7.42. The lowest BCUT2D eigenvalue weighted by Crippen LogP contribution is -2.42. The Morgan fingerprint density at radius 3 is 2.29 bits per heavy atom. The number of amides is 2. The van der Waals surface area contributed by atoms with Gasteiger partial charge in [0.05, 0.1) is 11.8 Å². The summed E-state index contributed by atoms with van der Waals surface area (Å²) in [7, 11) is -3.88. The first-order valence-corrected chi connectivity index (χ1v) is 14.8. The van der Waals surface area contributed by atoms with Crippen molar-refractivity contribution in [2.24, 2.45) is 0 Å². The van der Waals surface area contributed by atoms with Gasteiger partial charge in [-0.25, -0.2) is 8.42 Å². The number of carbonyl (C=O) groups excluding carboxylic acids is 2. The van der Waals surface area contributed by atoms with E-state index in [1.54, 1.807) is 48.5 Å². The summed E-state index contributed by atoms with van der Waals surface area (Å²) in [6, 6.07) is 27.8. The zero-order valence-corrected chi connectivity index (χ0v) is 23.2. The lowest BCUT2D eigenvalue weighted by molar-refractivity contribution is 0.0981. The number of anilines is 2. The highest BCUT2D eigenvalue weighted by Gasteiger charge is 2.45. The molecule has 1 saturated heterocycles. The molecule has 0 unspecified atom stereocenters. The maximum Gasteiger partial charge on any atom is 0.258 e. The smallest absolute Gasteiger partial charge is 0.258 e. The van der Waals surface area contributed by atoms with Gasteiger partial charge in [-0.3, -0.25) is 9.59 Å². The van der Waals surface area contributed by atoms with Crippen LogP contribution in [-0.2, 0) is 10.0 Å². The predicted molar refractivity (Wildman–Crippen MR) is 157 cm³/mol. The molecule has 0 saturated carbocycles. The molecule has 8 nitrogen and oxygen atoms in total. The Labute approximate surface area is 238 Å². The van der Waals surface area contributed by atoms with E-state index >= 15 is 0 Å². The van der Waals surface area contributed by atoms with Crippen molar-refractivity contribution in [2.75, 3.05) is 23.3 Å². The van der Waals surface area contributed by atoms with E-state index < -0.39 is 22.2 Å². The van der Waals surface area contributed by atoms with Crippen molar-refractivity contribution < 1.29 is 23.1 Å². The Morgan fingerprint density at radius 2 is 1.54 bits per heavy atom. The van der Waals surface area contributed by atoms with Crippen molar-refractivity contribution in [2.45, 2.75) is 30.4 Å². The van der Waals surface area contributed by atoms with Gasteiger partial charge in [0.2, 0.25) is 10.0 Å². The molecule has 9 heteroatoms. The lowest BCUT2D eigenvalue weighted by Gasteiger charge is -2.25. The third kappa shape index (κ3) is 5.04. The van der Waals surface area contributed by atoms with Crippen LogP contribution in [0.15, 0.2) is 102 Å². The lowest BCUT2D eigenvalue weighted by atomic mass is 9.98. The summed E-state index contributed by atoms with van der Waals surface area (Å²) in [6.45, 7) is 2.14. The van der Waals surface area contributed by atoms with Crippen LogP contribution in [-0.4, -0.2) is 54.9 Å². The van der Waals surface area contributed by atoms with Crippen molar-refractivity contribution in [3.05, 3.63) is 114 Å². The van der Waals surface area contributed by atoms with E-state index in [4.69, 9.17) is 0 Å². The van der Waals surface area contributed by atoms with Gasteiger partial charge in [0.25, 0.3) is 11.8 Å². The molecule has 41 heavy (non-hydrogen) atoms. The van der Waals surface area contributed by atoms with Crippen LogP contribution in [0.1, 0.15) is 32.7 Å². The van der Waals surface area contributed by atoms with Gasteiger partial charge in [-0.15, -0.1) is 0 Å².